The van der Waals surface area contributed by atoms with Crippen molar-refractivity contribution in [1.82, 2.24) is 0 Å². The number of ketones is 1. The first-order chi connectivity index (χ1) is 10.6. The maximum absolute atomic E-state index is 11.9. The van der Waals surface area contributed by atoms with Gasteiger partial charge in [-0.15, -0.1) is 0 Å². The van der Waals surface area contributed by atoms with E-state index in [1.54, 1.807) is 42.5 Å². The normalized spacial score (nSPS) is 8.91. The smallest absolute Gasteiger partial charge is 0.372 e. The van der Waals surface area contributed by atoms with Gasteiger partial charge in [0.2, 0.25) is 0 Å². The predicted molar refractivity (Wildman–Crippen MR) is 77.4 cm³/mol. The summed E-state index contributed by atoms with van der Waals surface area (Å²) >= 11 is 0. The van der Waals surface area contributed by atoms with Gasteiger partial charge in [0, 0.05) is 11.6 Å². The highest BCUT2D eigenvalue weighted by Crippen LogP contribution is 2.22. The fourth-order valence-electron chi connectivity index (χ4n) is 1.68. The molecule has 7 heteroatoms. The van der Waals surface area contributed by atoms with Crippen LogP contribution in [-0.2, 0) is 9.59 Å². The first kappa shape index (κ1) is 16.7. The molecule has 0 aliphatic rings. The molecule has 7 nitrogen and oxygen atoms in total. The first-order valence-electron chi connectivity index (χ1n) is 6.15. The number of nitro groups is 1. The molecule has 0 spiro atoms. The lowest BCUT2D eigenvalue weighted by molar-refractivity contribution is -0.383. The average Bonchev–Trinajstić information content (AvgIpc) is 2.54. The van der Waals surface area contributed by atoms with Crippen LogP contribution >= 0.6 is 0 Å². The van der Waals surface area contributed by atoms with E-state index >= 15 is 0 Å². The number of hydrogen-bond acceptors (Lipinski definition) is 6. The summed E-state index contributed by atoms with van der Waals surface area (Å²) in [5.41, 5.74) is 0.883. The van der Waals surface area contributed by atoms with E-state index in [0.717, 1.165) is 0 Å². The van der Waals surface area contributed by atoms with E-state index < -0.39 is 4.92 Å². The van der Waals surface area contributed by atoms with Crippen molar-refractivity contribution in [2.75, 3.05) is 11.9 Å². The van der Waals surface area contributed by atoms with E-state index in [4.69, 9.17) is 9.59 Å². The lowest BCUT2D eigenvalue weighted by Gasteiger charge is -2.06. The molecule has 2 aromatic rings. The van der Waals surface area contributed by atoms with E-state index in [0.29, 0.717) is 11.3 Å². The van der Waals surface area contributed by atoms with Gasteiger partial charge in [-0.3, -0.25) is 14.9 Å². The molecule has 0 unspecified atom stereocenters. The number of Topliss-reactive ketones (excluding diaryl/α,β-unsaturated/α-hetero) is 1. The number of nitro benzene ring substituents is 1. The van der Waals surface area contributed by atoms with Crippen LogP contribution in [0.1, 0.15) is 10.4 Å². The number of carbonyl (C=O) groups excluding carboxylic acids is 3. The Morgan fingerprint density at radius 3 is 2.18 bits per heavy atom. The highest BCUT2D eigenvalue weighted by molar-refractivity contribution is 5.99. The van der Waals surface area contributed by atoms with Crippen LogP contribution in [0.25, 0.3) is 0 Å². The Morgan fingerprint density at radius 1 is 1.05 bits per heavy atom. The summed E-state index contributed by atoms with van der Waals surface area (Å²) in [6, 6.07) is 15.0. The molecule has 112 valence electrons. The second-order valence-corrected chi connectivity index (χ2v) is 4.00. The Balaban J connectivity index is 0.000000745. The Labute approximate surface area is 125 Å². The van der Waals surface area contributed by atoms with Crippen LogP contribution < -0.4 is 5.32 Å². The molecule has 0 aromatic heterocycles. The Morgan fingerprint density at radius 2 is 1.59 bits per heavy atom. The highest BCUT2D eigenvalue weighted by Gasteiger charge is 2.13. The molecule has 0 radical (unpaired) electrons. The van der Waals surface area contributed by atoms with Crippen molar-refractivity contribution in [2.45, 2.75) is 0 Å². The molecule has 0 bridgehead atoms. The number of carbonyl (C=O) groups is 1. The van der Waals surface area contributed by atoms with E-state index in [-0.39, 0.29) is 24.2 Å². The molecule has 0 saturated carbocycles. The summed E-state index contributed by atoms with van der Waals surface area (Å²) < 4.78 is 0. The third kappa shape index (κ3) is 4.99. The third-order valence-electron chi connectivity index (χ3n) is 2.64. The third-order valence-corrected chi connectivity index (χ3v) is 2.64. The fourth-order valence-corrected chi connectivity index (χ4v) is 1.68. The van der Waals surface area contributed by atoms with Gasteiger partial charge < -0.3 is 5.32 Å². The number of nitrogens with zero attached hydrogens (tertiary/aromatic N) is 1. The molecule has 1 N–H and O–H groups in total. The van der Waals surface area contributed by atoms with E-state index in [1.807, 2.05) is 6.07 Å². The lowest BCUT2D eigenvalue weighted by atomic mass is 10.1. The zero-order valence-electron chi connectivity index (χ0n) is 11.4. The average molecular weight is 300 g/mol. The molecule has 22 heavy (non-hydrogen) atoms. The predicted octanol–water partition coefficient (Wildman–Crippen LogP) is 2.31. The molecule has 0 aliphatic heterocycles. The summed E-state index contributed by atoms with van der Waals surface area (Å²) in [7, 11) is 0. The van der Waals surface area contributed by atoms with Gasteiger partial charge in [0.05, 0.1) is 11.5 Å². The summed E-state index contributed by atoms with van der Waals surface area (Å²) in [4.78, 5) is 38.5. The van der Waals surface area contributed by atoms with Crippen LogP contribution in [0.4, 0.5) is 11.4 Å². The molecule has 2 aromatic carbocycles. The van der Waals surface area contributed by atoms with Crippen LogP contribution in [0, 0.1) is 10.1 Å². The van der Waals surface area contributed by atoms with Gasteiger partial charge in [-0.1, -0.05) is 42.5 Å². The molecular weight excluding hydrogens is 288 g/mol. The van der Waals surface area contributed by atoms with E-state index in [9.17, 15) is 14.9 Å². The van der Waals surface area contributed by atoms with Gasteiger partial charge in [-0.05, 0) is 6.07 Å². The molecular formula is C15H12N2O5. The zero-order chi connectivity index (χ0) is 16.4. The largest absolute Gasteiger partial charge is 0.373 e. The lowest BCUT2D eigenvalue weighted by Crippen LogP contribution is -2.14. The number of nitrogens with one attached hydrogen (secondary N) is 1. The summed E-state index contributed by atoms with van der Waals surface area (Å²) in [6.45, 7) is 0.0227. The second kappa shape index (κ2) is 8.78. The quantitative estimate of drug-likeness (QED) is 0.516. The standard InChI is InChI=1S/C14H12N2O3.CO2/c17-14(11-6-2-1-3-7-11)10-15-12-8-4-5-9-13(12)16(18)19;2-1-3/h1-9,15H,10H2;. The minimum atomic E-state index is -0.477. The van der Waals surface area contributed by atoms with Crippen molar-refractivity contribution < 1.29 is 19.3 Å². The Bertz CT molecular complexity index is 679. The minimum absolute atomic E-state index is 0.0227. The van der Waals surface area contributed by atoms with Crippen molar-refractivity contribution in [3.63, 3.8) is 0 Å². The van der Waals surface area contributed by atoms with Gasteiger partial charge in [0.25, 0.3) is 5.69 Å². The second-order valence-electron chi connectivity index (χ2n) is 4.00. The molecule has 0 saturated heterocycles. The maximum atomic E-state index is 11.9. The number of para-hydroxylation sites is 2. The molecule has 0 heterocycles. The van der Waals surface area contributed by atoms with Crippen molar-refractivity contribution in [3.8, 4) is 0 Å². The molecule has 0 fully saturated rings. The van der Waals surface area contributed by atoms with Crippen LogP contribution in [0.2, 0.25) is 0 Å². The number of anilines is 1. The number of rotatable bonds is 5. The van der Waals surface area contributed by atoms with Crippen LogP contribution in [-0.4, -0.2) is 23.4 Å². The maximum Gasteiger partial charge on any atom is 0.373 e. The topological polar surface area (TPSA) is 106 Å². The summed E-state index contributed by atoms with van der Waals surface area (Å²) in [5, 5.41) is 13.6. The van der Waals surface area contributed by atoms with Crippen molar-refractivity contribution >= 4 is 23.3 Å². The zero-order valence-corrected chi connectivity index (χ0v) is 11.4. The monoisotopic (exact) mass is 300 g/mol. The van der Waals surface area contributed by atoms with Crippen LogP contribution in [0.15, 0.2) is 54.6 Å². The van der Waals surface area contributed by atoms with E-state index in [2.05, 4.69) is 5.32 Å². The Hall–Kier alpha value is -3.31. The van der Waals surface area contributed by atoms with Gasteiger partial charge in [0.15, 0.2) is 5.78 Å². The van der Waals surface area contributed by atoms with Crippen LogP contribution in [0.3, 0.4) is 0 Å². The first-order valence-corrected chi connectivity index (χ1v) is 6.15. The van der Waals surface area contributed by atoms with Gasteiger partial charge in [0.1, 0.15) is 5.69 Å². The molecule has 0 atom stereocenters. The molecule has 2 rings (SSSR count). The summed E-state index contributed by atoms with van der Waals surface area (Å²) in [5.74, 6) is -0.112. The molecule has 0 aliphatic carbocycles. The van der Waals surface area contributed by atoms with Gasteiger partial charge >= 0.3 is 6.15 Å². The Kier molecular flexibility index (Phi) is 6.68. The van der Waals surface area contributed by atoms with Crippen molar-refractivity contribution in [3.05, 3.63) is 70.3 Å². The summed E-state index contributed by atoms with van der Waals surface area (Å²) in [6.07, 6.45) is 0.250. The van der Waals surface area contributed by atoms with E-state index in [1.165, 1.54) is 6.07 Å². The van der Waals surface area contributed by atoms with Crippen LogP contribution in [0.5, 0.6) is 0 Å². The fraction of sp³-hybridized carbons (Fsp3) is 0.0667. The number of hydrogen-bond donors (Lipinski definition) is 1. The van der Waals surface area contributed by atoms with Gasteiger partial charge in [-0.2, -0.15) is 9.59 Å². The minimum Gasteiger partial charge on any atom is -0.372 e. The van der Waals surface area contributed by atoms with Crippen molar-refractivity contribution in [1.29, 1.82) is 0 Å². The number of benzene rings is 2. The van der Waals surface area contributed by atoms with Crippen molar-refractivity contribution in [2.24, 2.45) is 0 Å². The SMILES string of the molecule is O=C(CNc1ccccc1[N+](=O)[O-])c1ccccc1.O=C=O. The highest BCUT2D eigenvalue weighted by atomic mass is 16.6. The van der Waals surface area contributed by atoms with Gasteiger partial charge in [-0.25, -0.2) is 0 Å². The molecule has 0 amide bonds.